The van der Waals surface area contributed by atoms with Gasteiger partial charge in [0.2, 0.25) is 0 Å². The van der Waals surface area contributed by atoms with Gasteiger partial charge >= 0.3 is 0 Å². The van der Waals surface area contributed by atoms with Crippen LogP contribution in [0, 0.1) is 13.8 Å². The number of rotatable bonds is 6. The number of hydrogen-bond donors (Lipinski definition) is 2. The lowest BCUT2D eigenvalue weighted by atomic mass is 9.98. The van der Waals surface area contributed by atoms with E-state index in [1.54, 1.807) is 0 Å². The van der Waals surface area contributed by atoms with Crippen LogP contribution in [-0.4, -0.2) is 25.3 Å². The molecule has 1 unspecified atom stereocenters. The van der Waals surface area contributed by atoms with Gasteiger partial charge in [0.05, 0.1) is 12.7 Å². The van der Waals surface area contributed by atoms with E-state index in [0.717, 1.165) is 35.4 Å². The Morgan fingerprint density at radius 2 is 2.00 bits per heavy atom. The van der Waals surface area contributed by atoms with Gasteiger partial charge in [-0.2, -0.15) is 0 Å². The summed E-state index contributed by atoms with van der Waals surface area (Å²) in [5.74, 6) is 0.912. The van der Waals surface area contributed by atoms with Crippen LogP contribution in [-0.2, 0) is 0 Å². The van der Waals surface area contributed by atoms with Gasteiger partial charge in [0.25, 0.3) is 0 Å². The molecular weight excluding hydrogens is 214 g/mol. The third kappa shape index (κ3) is 3.72. The molecule has 2 N–H and O–H groups in total. The summed E-state index contributed by atoms with van der Waals surface area (Å²) in [7, 11) is 1.89. The zero-order valence-electron chi connectivity index (χ0n) is 11.2. The molecule has 0 aliphatic heterocycles. The van der Waals surface area contributed by atoms with E-state index in [2.05, 4.69) is 5.32 Å². The molecule has 0 heterocycles. The minimum atomic E-state index is -0.406. The minimum absolute atomic E-state index is 0.406. The fourth-order valence-electron chi connectivity index (χ4n) is 1.92. The summed E-state index contributed by atoms with van der Waals surface area (Å²) in [4.78, 5) is 0. The molecule has 0 aromatic heterocycles. The molecule has 1 aromatic rings. The molecule has 0 saturated heterocycles. The molecule has 0 radical (unpaired) electrons. The summed E-state index contributed by atoms with van der Waals surface area (Å²) in [6.45, 7) is 7.48. The normalized spacial score (nSPS) is 12.5. The molecule has 17 heavy (non-hydrogen) atoms. The molecule has 96 valence electrons. The Labute approximate surface area is 104 Å². The Morgan fingerprint density at radius 1 is 1.29 bits per heavy atom. The lowest BCUT2D eigenvalue weighted by Crippen LogP contribution is -2.13. The van der Waals surface area contributed by atoms with Crippen molar-refractivity contribution in [3.63, 3.8) is 0 Å². The van der Waals surface area contributed by atoms with Crippen LogP contribution in [0.2, 0.25) is 0 Å². The van der Waals surface area contributed by atoms with E-state index in [4.69, 9.17) is 4.74 Å². The van der Waals surface area contributed by atoms with Gasteiger partial charge in [-0.3, -0.25) is 0 Å². The quantitative estimate of drug-likeness (QED) is 0.798. The van der Waals surface area contributed by atoms with E-state index in [-0.39, 0.29) is 0 Å². The van der Waals surface area contributed by atoms with Crippen LogP contribution in [0.1, 0.15) is 36.1 Å². The summed E-state index contributed by atoms with van der Waals surface area (Å²) < 4.78 is 5.54. The van der Waals surface area contributed by atoms with Crippen molar-refractivity contribution in [3.8, 4) is 5.75 Å². The summed E-state index contributed by atoms with van der Waals surface area (Å²) >= 11 is 0. The Morgan fingerprint density at radius 3 is 2.59 bits per heavy atom. The average molecular weight is 237 g/mol. The molecule has 0 fully saturated rings. The third-order valence-corrected chi connectivity index (χ3v) is 2.89. The first-order valence-electron chi connectivity index (χ1n) is 6.16. The highest BCUT2D eigenvalue weighted by molar-refractivity contribution is 5.42. The van der Waals surface area contributed by atoms with E-state index in [1.165, 1.54) is 0 Å². The highest BCUT2D eigenvalue weighted by Crippen LogP contribution is 2.28. The molecule has 0 aliphatic rings. The molecule has 1 atom stereocenters. The number of aliphatic hydroxyl groups is 1. The van der Waals surface area contributed by atoms with Gasteiger partial charge in [-0.25, -0.2) is 0 Å². The topological polar surface area (TPSA) is 41.5 Å². The molecule has 0 amide bonds. The first-order chi connectivity index (χ1) is 8.10. The molecule has 0 saturated carbocycles. The van der Waals surface area contributed by atoms with Crippen LogP contribution in [0.5, 0.6) is 5.75 Å². The van der Waals surface area contributed by atoms with Gasteiger partial charge in [0.15, 0.2) is 0 Å². The second-order valence-corrected chi connectivity index (χ2v) is 4.32. The number of nitrogens with one attached hydrogen (secondary N) is 1. The summed E-state index contributed by atoms with van der Waals surface area (Å²) in [5, 5.41) is 13.1. The molecule has 3 heteroatoms. The van der Waals surface area contributed by atoms with Gasteiger partial charge in [0.1, 0.15) is 5.75 Å². The van der Waals surface area contributed by atoms with Crippen molar-refractivity contribution in [2.24, 2.45) is 0 Å². The van der Waals surface area contributed by atoms with E-state index < -0.39 is 6.10 Å². The Hall–Kier alpha value is -1.06. The van der Waals surface area contributed by atoms with Crippen molar-refractivity contribution < 1.29 is 9.84 Å². The smallest absolute Gasteiger partial charge is 0.122 e. The standard InChI is InChI=1S/C14H23NO2/c1-5-17-14-9-10(2)12(8-11(14)3)13(16)6-7-15-4/h8-9,13,15-16H,5-7H2,1-4H3. The van der Waals surface area contributed by atoms with Crippen molar-refractivity contribution in [2.45, 2.75) is 33.3 Å². The molecule has 3 nitrogen and oxygen atoms in total. The zero-order valence-corrected chi connectivity index (χ0v) is 11.2. The molecule has 1 rings (SSSR count). The number of ether oxygens (including phenoxy) is 1. The van der Waals surface area contributed by atoms with Crippen molar-refractivity contribution in [2.75, 3.05) is 20.2 Å². The SMILES string of the molecule is CCOc1cc(C)c(C(O)CCNC)cc1C. The van der Waals surface area contributed by atoms with Gasteiger partial charge in [-0.1, -0.05) is 0 Å². The van der Waals surface area contributed by atoms with E-state index in [0.29, 0.717) is 6.61 Å². The summed E-state index contributed by atoms with van der Waals surface area (Å²) in [5.41, 5.74) is 3.17. The van der Waals surface area contributed by atoms with E-state index in [9.17, 15) is 5.11 Å². The molecule has 0 spiro atoms. The van der Waals surface area contributed by atoms with Crippen LogP contribution in [0.25, 0.3) is 0 Å². The maximum Gasteiger partial charge on any atom is 0.122 e. The average Bonchev–Trinajstić information content (AvgIpc) is 2.30. The maximum absolute atomic E-state index is 10.1. The summed E-state index contributed by atoms with van der Waals surface area (Å²) in [6, 6.07) is 4.04. The first kappa shape index (κ1) is 14.0. The van der Waals surface area contributed by atoms with Crippen LogP contribution in [0.3, 0.4) is 0 Å². The maximum atomic E-state index is 10.1. The van der Waals surface area contributed by atoms with Gasteiger partial charge in [0, 0.05) is 0 Å². The number of benzene rings is 1. The first-order valence-corrected chi connectivity index (χ1v) is 6.16. The van der Waals surface area contributed by atoms with E-state index in [1.807, 2.05) is 40.0 Å². The predicted octanol–water partition coefficient (Wildman–Crippen LogP) is 2.35. The number of aryl methyl sites for hydroxylation is 2. The fourth-order valence-corrected chi connectivity index (χ4v) is 1.92. The van der Waals surface area contributed by atoms with Crippen molar-refractivity contribution in [1.82, 2.24) is 5.32 Å². The lowest BCUT2D eigenvalue weighted by molar-refractivity contribution is 0.167. The van der Waals surface area contributed by atoms with Gasteiger partial charge in [-0.05, 0) is 69.6 Å². The molecule has 0 bridgehead atoms. The van der Waals surface area contributed by atoms with Crippen LogP contribution in [0.15, 0.2) is 12.1 Å². The second-order valence-electron chi connectivity index (χ2n) is 4.32. The molecular formula is C14H23NO2. The Bertz CT molecular complexity index is 363. The van der Waals surface area contributed by atoms with Gasteiger partial charge in [-0.15, -0.1) is 0 Å². The van der Waals surface area contributed by atoms with Crippen LogP contribution >= 0.6 is 0 Å². The third-order valence-electron chi connectivity index (χ3n) is 2.89. The zero-order chi connectivity index (χ0) is 12.8. The van der Waals surface area contributed by atoms with Crippen molar-refractivity contribution >= 4 is 0 Å². The van der Waals surface area contributed by atoms with Gasteiger partial charge < -0.3 is 15.2 Å². The number of hydrogen-bond acceptors (Lipinski definition) is 3. The lowest BCUT2D eigenvalue weighted by Gasteiger charge is -2.17. The Balaban J connectivity index is 2.90. The fraction of sp³-hybridized carbons (Fsp3) is 0.571. The second kappa shape index (κ2) is 6.62. The minimum Gasteiger partial charge on any atom is -0.494 e. The van der Waals surface area contributed by atoms with E-state index >= 15 is 0 Å². The monoisotopic (exact) mass is 237 g/mol. The van der Waals surface area contributed by atoms with Crippen LogP contribution in [0.4, 0.5) is 0 Å². The highest BCUT2D eigenvalue weighted by atomic mass is 16.5. The largest absolute Gasteiger partial charge is 0.494 e. The summed E-state index contributed by atoms with van der Waals surface area (Å²) in [6.07, 6.45) is 0.321. The van der Waals surface area contributed by atoms with Crippen molar-refractivity contribution in [1.29, 1.82) is 0 Å². The Kier molecular flexibility index (Phi) is 5.45. The van der Waals surface area contributed by atoms with Crippen molar-refractivity contribution in [3.05, 3.63) is 28.8 Å². The highest BCUT2D eigenvalue weighted by Gasteiger charge is 2.12. The predicted molar refractivity (Wildman–Crippen MR) is 70.6 cm³/mol. The molecule has 1 aromatic carbocycles. The molecule has 0 aliphatic carbocycles. The van der Waals surface area contributed by atoms with Crippen LogP contribution < -0.4 is 10.1 Å². The number of aliphatic hydroxyl groups excluding tert-OH is 1.